The van der Waals surface area contributed by atoms with Gasteiger partial charge in [0.05, 0.1) is 10.4 Å². The predicted octanol–water partition coefficient (Wildman–Crippen LogP) is 4.00. The van der Waals surface area contributed by atoms with Gasteiger partial charge in [-0.25, -0.2) is 0 Å². The Hall–Kier alpha value is -0.350. The first-order valence-electron chi connectivity index (χ1n) is 5.36. The molecule has 0 aromatic carbocycles. The minimum atomic E-state index is 0.00750. The van der Waals surface area contributed by atoms with Crippen LogP contribution in [0, 0.1) is 0 Å². The van der Waals surface area contributed by atoms with Gasteiger partial charge in [-0.15, -0.1) is 22.7 Å². The van der Waals surface area contributed by atoms with Crippen LogP contribution in [0.5, 0.6) is 0 Å². The van der Waals surface area contributed by atoms with E-state index in [1.54, 1.807) is 11.3 Å². The van der Waals surface area contributed by atoms with E-state index in [1.807, 2.05) is 23.5 Å². The van der Waals surface area contributed by atoms with E-state index in [-0.39, 0.29) is 6.04 Å². The van der Waals surface area contributed by atoms with Gasteiger partial charge in [0, 0.05) is 14.6 Å². The summed E-state index contributed by atoms with van der Waals surface area (Å²) < 4.78 is 0.814. The van der Waals surface area contributed by atoms with E-state index in [4.69, 9.17) is 17.3 Å². The molecule has 0 radical (unpaired) electrons. The largest absolute Gasteiger partial charge is 0.319 e. The van der Waals surface area contributed by atoms with Gasteiger partial charge in [-0.05, 0) is 43.0 Å². The molecule has 0 spiro atoms. The Morgan fingerprint density at radius 2 is 2.06 bits per heavy atom. The Labute approximate surface area is 108 Å². The van der Waals surface area contributed by atoms with Gasteiger partial charge in [-0.1, -0.05) is 11.6 Å². The summed E-state index contributed by atoms with van der Waals surface area (Å²) in [5.74, 6) is 0. The fourth-order valence-corrected chi connectivity index (χ4v) is 4.58. The van der Waals surface area contributed by atoms with Gasteiger partial charge >= 0.3 is 0 Å². The molecule has 2 aromatic heterocycles. The highest BCUT2D eigenvalue weighted by atomic mass is 35.5. The molecule has 0 saturated heterocycles. The first-order chi connectivity index (χ1) is 7.74. The van der Waals surface area contributed by atoms with Gasteiger partial charge in [0.25, 0.3) is 0 Å². The Bertz CT molecular complexity index is 493. The lowest BCUT2D eigenvalue weighted by Crippen LogP contribution is -2.08. The molecule has 0 fully saturated rings. The molecular weight excluding hydrogens is 258 g/mol. The van der Waals surface area contributed by atoms with Crippen molar-refractivity contribution < 1.29 is 0 Å². The number of hydrogen-bond acceptors (Lipinski definition) is 3. The zero-order chi connectivity index (χ0) is 11.1. The summed E-state index contributed by atoms with van der Waals surface area (Å²) in [7, 11) is 0. The molecule has 1 nitrogen and oxygen atoms in total. The van der Waals surface area contributed by atoms with E-state index in [0.29, 0.717) is 0 Å². The summed E-state index contributed by atoms with van der Waals surface area (Å²) in [6.45, 7) is 0. The van der Waals surface area contributed by atoms with Gasteiger partial charge in [-0.3, -0.25) is 0 Å². The molecule has 16 heavy (non-hydrogen) atoms. The molecular formula is C12H12ClNS2. The zero-order valence-corrected chi connectivity index (χ0v) is 11.1. The second kappa shape index (κ2) is 4.15. The van der Waals surface area contributed by atoms with E-state index in [2.05, 4.69) is 6.07 Å². The summed E-state index contributed by atoms with van der Waals surface area (Å²) in [5.41, 5.74) is 7.76. The first kappa shape index (κ1) is 10.8. The fourth-order valence-electron chi connectivity index (χ4n) is 2.14. The maximum Gasteiger partial charge on any atom is 0.0931 e. The predicted molar refractivity (Wildman–Crippen MR) is 71.7 cm³/mol. The third kappa shape index (κ3) is 1.82. The van der Waals surface area contributed by atoms with Gasteiger partial charge in [0.15, 0.2) is 0 Å². The van der Waals surface area contributed by atoms with Crippen LogP contribution in [-0.2, 0) is 12.8 Å². The molecule has 1 atom stereocenters. The standard InChI is InChI=1S/C12H12ClNS2/c13-11-5-4-9(16-11)12(14)10-6-7-2-1-3-8(7)15-10/h4-6,12H,1-3,14H2. The maximum absolute atomic E-state index is 6.25. The average Bonchev–Trinajstić information content (AvgIpc) is 2.89. The summed E-state index contributed by atoms with van der Waals surface area (Å²) in [6.07, 6.45) is 3.77. The molecule has 1 unspecified atom stereocenters. The second-order valence-corrected chi connectivity index (χ2v) is 6.99. The topological polar surface area (TPSA) is 26.0 Å². The molecule has 0 bridgehead atoms. The van der Waals surface area contributed by atoms with Crippen LogP contribution < -0.4 is 5.73 Å². The minimum absolute atomic E-state index is 0.00750. The number of thiophene rings is 2. The number of halogens is 1. The van der Waals surface area contributed by atoms with Crippen LogP contribution in [0.4, 0.5) is 0 Å². The molecule has 1 aliphatic carbocycles. The van der Waals surface area contributed by atoms with Crippen LogP contribution in [0.1, 0.15) is 32.7 Å². The monoisotopic (exact) mass is 269 g/mol. The SMILES string of the molecule is NC(c1ccc(Cl)s1)c1cc2c(s1)CCC2. The Morgan fingerprint density at radius 3 is 2.75 bits per heavy atom. The van der Waals surface area contributed by atoms with Crippen molar-refractivity contribution in [1.29, 1.82) is 0 Å². The number of nitrogens with two attached hydrogens (primary N) is 1. The van der Waals surface area contributed by atoms with E-state index >= 15 is 0 Å². The van der Waals surface area contributed by atoms with Gasteiger partial charge < -0.3 is 5.73 Å². The summed E-state index contributed by atoms with van der Waals surface area (Å²) >= 11 is 9.38. The maximum atomic E-state index is 6.25. The third-order valence-corrected chi connectivity index (χ3v) is 5.61. The van der Waals surface area contributed by atoms with Gasteiger partial charge in [0.1, 0.15) is 0 Å². The van der Waals surface area contributed by atoms with Crippen LogP contribution in [-0.4, -0.2) is 0 Å². The van der Waals surface area contributed by atoms with Crippen molar-refractivity contribution in [3.63, 3.8) is 0 Å². The van der Waals surface area contributed by atoms with Crippen LogP contribution >= 0.6 is 34.3 Å². The van der Waals surface area contributed by atoms with Crippen molar-refractivity contribution in [3.8, 4) is 0 Å². The van der Waals surface area contributed by atoms with Crippen LogP contribution in [0.3, 0.4) is 0 Å². The molecule has 3 rings (SSSR count). The molecule has 0 amide bonds. The summed E-state index contributed by atoms with van der Waals surface area (Å²) in [6, 6.07) is 6.24. The van der Waals surface area contributed by atoms with Crippen molar-refractivity contribution in [2.75, 3.05) is 0 Å². The van der Waals surface area contributed by atoms with Crippen molar-refractivity contribution in [3.05, 3.63) is 42.7 Å². The Balaban J connectivity index is 1.91. The number of fused-ring (bicyclic) bond motifs is 1. The normalized spacial score (nSPS) is 16.4. The van der Waals surface area contributed by atoms with Gasteiger partial charge in [0.2, 0.25) is 0 Å². The minimum Gasteiger partial charge on any atom is -0.319 e. The quantitative estimate of drug-likeness (QED) is 0.876. The van der Waals surface area contributed by atoms with Crippen LogP contribution in [0.15, 0.2) is 18.2 Å². The van der Waals surface area contributed by atoms with Crippen molar-refractivity contribution in [2.45, 2.75) is 25.3 Å². The van der Waals surface area contributed by atoms with Crippen molar-refractivity contribution >= 4 is 34.3 Å². The first-order valence-corrected chi connectivity index (χ1v) is 7.37. The molecule has 2 heterocycles. The summed E-state index contributed by atoms with van der Waals surface area (Å²) in [5, 5.41) is 0. The number of aryl methyl sites for hydroxylation is 2. The molecule has 4 heteroatoms. The van der Waals surface area contributed by atoms with E-state index in [9.17, 15) is 0 Å². The Kier molecular flexibility index (Phi) is 2.80. The molecule has 2 aromatic rings. The lowest BCUT2D eigenvalue weighted by Gasteiger charge is -2.06. The molecule has 2 N–H and O–H groups in total. The van der Waals surface area contributed by atoms with Crippen molar-refractivity contribution in [1.82, 2.24) is 0 Å². The second-order valence-electron chi connectivity index (χ2n) is 4.07. The fraction of sp³-hybridized carbons (Fsp3) is 0.333. The van der Waals surface area contributed by atoms with Gasteiger partial charge in [-0.2, -0.15) is 0 Å². The third-order valence-electron chi connectivity index (χ3n) is 2.97. The van der Waals surface area contributed by atoms with E-state index in [0.717, 1.165) is 9.21 Å². The van der Waals surface area contributed by atoms with Crippen LogP contribution in [0.25, 0.3) is 0 Å². The highest BCUT2D eigenvalue weighted by molar-refractivity contribution is 7.16. The lowest BCUT2D eigenvalue weighted by molar-refractivity contribution is 0.896. The van der Waals surface area contributed by atoms with Crippen molar-refractivity contribution in [2.24, 2.45) is 5.73 Å². The molecule has 0 aliphatic heterocycles. The molecule has 1 aliphatic rings. The van der Waals surface area contributed by atoms with E-state index in [1.165, 1.54) is 34.6 Å². The van der Waals surface area contributed by atoms with E-state index < -0.39 is 0 Å². The summed E-state index contributed by atoms with van der Waals surface area (Å²) in [4.78, 5) is 3.97. The Morgan fingerprint density at radius 1 is 1.19 bits per heavy atom. The highest BCUT2D eigenvalue weighted by Gasteiger charge is 2.19. The van der Waals surface area contributed by atoms with Crippen LogP contribution in [0.2, 0.25) is 4.34 Å². The lowest BCUT2D eigenvalue weighted by atomic mass is 10.2. The smallest absolute Gasteiger partial charge is 0.0931 e. The molecule has 84 valence electrons. The highest BCUT2D eigenvalue weighted by Crippen LogP contribution is 2.37. The zero-order valence-electron chi connectivity index (χ0n) is 8.70. The molecule has 0 saturated carbocycles. The number of rotatable bonds is 2. The average molecular weight is 270 g/mol. The number of hydrogen-bond donors (Lipinski definition) is 1.